The fourth-order valence-corrected chi connectivity index (χ4v) is 1.63. The van der Waals surface area contributed by atoms with Crippen LogP contribution in [0.1, 0.15) is 5.56 Å². The zero-order valence-electron chi connectivity index (χ0n) is 9.83. The molecule has 1 aromatic carbocycles. The lowest BCUT2D eigenvalue weighted by Gasteiger charge is -2.19. The van der Waals surface area contributed by atoms with Gasteiger partial charge in [-0.3, -0.25) is 0 Å². The molecule has 0 aromatic heterocycles. The molecular weight excluding hydrogens is 240 g/mol. The zero-order chi connectivity index (χ0) is 12.8. The van der Waals surface area contributed by atoms with Gasteiger partial charge in [0.05, 0.1) is 13.2 Å². The molecule has 1 heterocycles. The van der Waals surface area contributed by atoms with Gasteiger partial charge in [-0.1, -0.05) is 18.2 Å². The van der Waals surface area contributed by atoms with Gasteiger partial charge in [-0.2, -0.15) is 0 Å². The van der Waals surface area contributed by atoms with Crippen LogP contribution in [0, 0.1) is 0 Å². The molecule has 0 spiro atoms. The molecule has 6 heteroatoms. The Morgan fingerprint density at radius 2 is 2.22 bits per heavy atom. The van der Waals surface area contributed by atoms with E-state index in [1.54, 1.807) is 0 Å². The molecule has 2 rings (SSSR count). The number of anilines is 1. The van der Waals surface area contributed by atoms with Gasteiger partial charge in [-0.25, -0.2) is 13.8 Å². The first-order valence-electron chi connectivity index (χ1n) is 5.75. The fraction of sp³-hybridized carbons (Fsp3) is 0.417. The van der Waals surface area contributed by atoms with Crippen LogP contribution in [-0.2, 0) is 11.3 Å². The number of para-hydroxylation sites is 1. The molecule has 1 aromatic rings. The molecule has 1 aliphatic heterocycles. The summed E-state index contributed by atoms with van der Waals surface area (Å²) in [5.74, 6) is 0.648. The number of rotatable bonds is 5. The molecule has 0 amide bonds. The Morgan fingerprint density at radius 1 is 1.39 bits per heavy atom. The van der Waals surface area contributed by atoms with Crippen molar-refractivity contribution >= 4 is 11.6 Å². The van der Waals surface area contributed by atoms with Crippen LogP contribution in [0.15, 0.2) is 29.3 Å². The minimum absolute atomic E-state index is 0.229. The van der Waals surface area contributed by atoms with Crippen LogP contribution in [0.4, 0.5) is 14.5 Å². The SMILES string of the molecule is FC(F)COCCNC1=NCc2ccccc2N1. The van der Waals surface area contributed by atoms with Gasteiger partial charge in [0.15, 0.2) is 5.96 Å². The summed E-state index contributed by atoms with van der Waals surface area (Å²) < 4.78 is 28.4. The minimum Gasteiger partial charge on any atom is -0.374 e. The predicted octanol–water partition coefficient (Wildman–Crippen LogP) is 1.84. The van der Waals surface area contributed by atoms with E-state index >= 15 is 0 Å². The van der Waals surface area contributed by atoms with Crippen molar-refractivity contribution in [1.82, 2.24) is 5.32 Å². The van der Waals surface area contributed by atoms with Crippen molar-refractivity contribution in [2.45, 2.75) is 13.0 Å². The van der Waals surface area contributed by atoms with E-state index in [1.807, 2.05) is 24.3 Å². The van der Waals surface area contributed by atoms with Crippen molar-refractivity contribution in [3.8, 4) is 0 Å². The van der Waals surface area contributed by atoms with Crippen molar-refractivity contribution < 1.29 is 13.5 Å². The molecule has 18 heavy (non-hydrogen) atoms. The summed E-state index contributed by atoms with van der Waals surface area (Å²) in [6, 6.07) is 7.89. The highest BCUT2D eigenvalue weighted by molar-refractivity contribution is 5.95. The van der Waals surface area contributed by atoms with Gasteiger partial charge >= 0.3 is 0 Å². The molecule has 4 nitrogen and oxygen atoms in total. The number of fused-ring (bicyclic) bond motifs is 1. The largest absolute Gasteiger partial charge is 0.374 e. The van der Waals surface area contributed by atoms with E-state index in [0.717, 1.165) is 11.3 Å². The monoisotopic (exact) mass is 255 g/mol. The average molecular weight is 255 g/mol. The van der Waals surface area contributed by atoms with Gasteiger partial charge in [0, 0.05) is 12.2 Å². The van der Waals surface area contributed by atoms with Crippen molar-refractivity contribution in [3.63, 3.8) is 0 Å². The molecule has 98 valence electrons. The number of alkyl halides is 2. The van der Waals surface area contributed by atoms with Gasteiger partial charge < -0.3 is 15.4 Å². The molecule has 0 radical (unpaired) electrons. The fourth-order valence-electron chi connectivity index (χ4n) is 1.63. The van der Waals surface area contributed by atoms with Crippen LogP contribution in [-0.4, -0.2) is 32.1 Å². The van der Waals surface area contributed by atoms with Crippen molar-refractivity contribution in [2.24, 2.45) is 4.99 Å². The lowest BCUT2D eigenvalue weighted by atomic mass is 10.1. The molecule has 0 saturated heterocycles. The Hall–Kier alpha value is -1.69. The average Bonchev–Trinajstić information content (AvgIpc) is 2.38. The Bertz CT molecular complexity index is 424. The third-order valence-corrected chi connectivity index (χ3v) is 2.46. The molecule has 0 atom stereocenters. The summed E-state index contributed by atoms with van der Waals surface area (Å²) in [5, 5.41) is 6.14. The van der Waals surface area contributed by atoms with Gasteiger partial charge in [-0.05, 0) is 11.6 Å². The van der Waals surface area contributed by atoms with Crippen LogP contribution in [0.3, 0.4) is 0 Å². The number of aliphatic imine (C=N–C) groups is 1. The smallest absolute Gasteiger partial charge is 0.261 e. The van der Waals surface area contributed by atoms with Crippen LogP contribution in [0.25, 0.3) is 0 Å². The van der Waals surface area contributed by atoms with Gasteiger partial charge in [-0.15, -0.1) is 0 Å². The van der Waals surface area contributed by atoms with E-state index in [0.29, 0.717) is 19.0 Å². The second-order valence-electron chi connectivity index (χ2n) is 3.84. The summed E-state index contributed by atoms with van der Waals surface area (Å²) in [4.78, 5) is 4.29. The maximum absolute atomic E-state index is 11.8. The first-order chi connectivity index (χ1) is 8.75. The Balaban J connectivity index is 1.71. The highest BCUT2D eigenvalue weighted by Gasteiger charge is 2.09. The first kappa shape index (κ1) is 12.8. The summed E-state index contributed by atoms with van der Waals surface area (Å²) in [6.07, 6.45) is -2.41. The first-order valence-corrected chi connectivity index (χ1v) is 5.75. The number of hydrogen-bond acceptors (Lipinski definition) is 4. The second kappa shape index (κ2) is 6.30. The number of nitrogens with zero attached hydrogens (tertiary/aromatic N) is 1. The maximum atomic E-state index is 11.8. The molecular formula is C12H15F2N3O. The summed E-state index contributed by atoms with van der Waals surface area (Å²) in [7, 11) is 0. The van der Waals surface area contributed by atoms with Crippen LogP contribution in [0.5, 0.6) is 0 Å². The lowest BCUT2D eigenvalue weighted by molar-refractivity contribution is 0.0197. The van der Waals surface area contributed by atoms with Crippen molar-refractivity contribution in [2.75, 3.05) is 25.1 Å². The van der Waals surface area contributed by atoms with E-state index in [2.05, 4.69) is 15.6 Å². The summed E-state index contributed by atoms with van der Waals surface area (Å²) >= 11 is 0. The lowest BCUT2D eigenvalue weighted by Crippen LogP contribution is -2.35. The Kier molecular flexibility index (Phi) is 4.46. The van der Waals surface area contributed by atoms with Crippen LogP contribution < -0.4 is 10.6 Å². The van der Waals surface area contributed by atoms with E-state index in [4.69, 9.17) is 4.74 Å². The summed E-state index contributed by atoms with van der Waals surface area (Å²) in [6.45, 7) is 0.765. The van der Waals surface area contributed by atoms with Crippen LogP contribution in [0.2, 0.25) is 0 Å². The van der Waals surface area contributed by atoms with E-state index in [1.165, 1.54) is 0 Å². The highest BCUT2D eigenvalue weighted by atomic mass is 19.3. The molecule has 0 aliphatic carbocycles. The quantitative estimate of drug-likeness (QED) is 0.789. The van der Waals surface area contributed by atoms with Gasteiger partial charge in [0.2, 0.25) is 0 Å². The topological polar surface area (TPSA) is 45.6 Å². The molecule has 0 unspecified atom stereocenters. The molecule has 2 N–H and O–H groups in total. The molecule has 0 saturated carbocycles. The zero-order valence-corrected chi connectivity index (χ0v) is 9.83. The van der Waals surface area contributed by atoms with E-state index in [9.17, 15) is 8.78 Å². The number of halogens is 2. The van der Waals surface area contributed by atoms with Gasteiger partial charge in [0.1, 0.15) is 6.61 Å². The molecule has 0 fully saturated rings. The number of guanidine groups is 1. The Morgan fingerprint density at radius 3 is 3.06 bits per heavy atom. The van der Waals surface area contributed by atoms with Gasteiger partial charge in [0.25, 0.3) is 6.43 Å². The summed E-state index contributed by atoms with van der Waals surface area (Å²) in [5.41, 5.74) is 2.15. The Labute approximate surface area is 104 Å². The molecule has 1 aliphatic rings. The third kappa shape index (κ3) is 3.66. The predicted molar refractivity (Wildman–Crippen MR) is 66.0 cm³/mol. The third-order valence-electron chi connectivity index (χ3n) is 2.46. The second-order valence-corrected chi connectivity index (χ2v) is 3.84. The molecule has 0 bridgehead atoms. The van der Waals surface area contributed by atoms with Crippen molar-refractivity contribution in [3.05, 3.63) is 29.8 Å². The van der Waals surface area contributed by atoms with Crippen molar-refractivity contribution in [1.29, 1.82) is 0 Å². The maximum Gasteiger partial charge on any atom is 0.261 e. The highest BCUT2D eigenvalue weighted by Crippen LogP contribution is 2.18. The van der Waals surface area contributed by atoms with Crippen LogP contribution >= 0.6 is 0 Å². The van der Waals surface area contributed by atoms with E-state index < -0.39 is 13.0 Å². The standard InChI is InChI=1S/C12H15F2N3O/c13-11(14)8-18-6-5-15-12-16-7-9-3-1-2-4-10(9)17-12/h1-4,11H,5-8H2,(H2,15,16,17). The number of hydrogen-bond donors (Lipinski definition) is 2. The number of ether oxygens (including phenoxy) is 1. The number of benzene rings is 1. The normalized spacial score (nSPS) is 13.8. The minimum atomic E-state index is -2.41. The number of nitrogens with one attached hydrogen (secondary N) is 2. The van der Waals surface area contributed by atoms with E-state index in [-0.39, 0.29) is 6.61 Å².